The van der Waals surface area contributed by atoms with Crippen molar-refractivity contribution in [1.82, 2.24) is 9.80 Å². The number of carbonyl (C=O) groups excluding carboxylic acids is 2. The fraction of sp³-hybridized carbons (Fsp3) is 0.529. The molecule has 0 saturated carbocycles. The lowest BCUT2D eigenvalue weighted by molar-refractivity contribution is 0.0570. The second-order valence-electron chi connectivity index (χ2n) is 5.44. The molecular formula is C17H24N2O5. The van der Waals surface area contributed by atoms with Crippen molar-refractivity contribution < 1.29 is 23.8 Å². The van der Waals surface area contributed by atoms with Crippen LogP contribution in [0.15, 0.2) is 18.2 Å². The van der Waals surface area contributed by atoms with E-state index < -0.39 is 0 Å². The minimum absolute atomic E-state index is 0.0569. The van der Waals surface area contributed by atoms with Gasteiger partial charge in [0.1, 0.15) is 5.75 Å². The Morgan fingerprint density at radius 1 is 1.08 bits per heavy atom. The monoisotopic (exact) mass is 336 g/mol. The molecule has 0 aliphatic carbocycles. The van der Waals surface area contributed by atoms with E-state index in [-0.39, 0.29) is 12.0 Å². The molecule has 2 amide bonds. The molecule has 0 radical (unpaired) electrons. The highest BCUT2D eigenvalue weighted by Crippen LogP contribution is 2.22. The Hall–Kier alpha value is -2.28. The van der Waals surface area contributed by atoms with Gasteiger partial charge in [-0.15, -0.1) is 0 Å². The summed E-state index contributed by atoms with van der Waals surface area (Å²) in [6.07, 6.45) is -0.323. The zero-order valence-electron chi connectivity index (χ0n) is 14.4. The summed E-state index contributed by atoms with van der Waals surface area (Å²) < 4.78 is 15.4. The van der Waals surface area contributed by atoms with Gasteiger partial charge >= 0.3 is 6.09 Å². The fourth-order valence-electron chi connectivity index (χ4n) is 2.67. The number of hydrogen-bond acceptors (Lipinski definition) is 5. The van der Waals surface area contributed by atoms with Crippen LogP contribution in [0.25, 0.3) is 0 Å². The highest BCUT2D eigenvalue weighted by molar-refractivity contribution is 5.94. The van der Waals surface area contributed by atoms with Crippen LogP contribution >= 0.6 is 0 Å². The molecule has 1 saturated heterocycles. The minimum Gasteiger partial charge on any atom is -0.496 e. The number of rotatable bonds is 5. The van der Waals surface area contributed by atoms with Gasteiger partial charge in [0.05, 0.1) is 20.3 Å². The van der Waals surface area contributed by atoms with Crippen LogP contribution in [0.3, 0.4) is 0 Å². The Bertz CT molecular complexity index is 582. The standard InChI is InChI=1S/C17H24N2O5/c1-4-24-17(21)19-9-7-18(8-10-19)16(20)13-5-6-15(23-3)14(11-13)12-22-2/h5-6,11H,4,7-10,12H2,1-3H3. The van der Waals surface area contributed by atoms with Crippen LogP contribution in [0.4, 0.5) is 4.79 Å². The molecule has 0 atom stereocenters. The van der Waals surface area contributed by atoms with Crippen molar-refractivity contribution in [2.45, 2.75) is 13.5 Å². The van der Waals surface area contributed by atoms with Crippen LogP contribution in [0.1, 0.15) is 22.8 Å². The topological polar surface area (TPSA) is 68.3 Å². The fourth-order valence-corrected chi connectivity index (χ4v) is 2.67. The van der Waals surface area contributed by atoms with Gasteiger partial charge in [-0.1, -0.05) is 0 Å². The second-order valence-corrected chi connectivity index (χ2v) is 5.44. The van der Waals surface area contributed by atoms with Crippen LogP contribution < -0.4 is 4.74 Å². The van der Waals surface area contributed by atoms with E-state index in [4.69, 9.17) is 14.2 Å². The normalized spacial score (nSPS) is 14.5. The summed E-state index contributed by atoms with van der Waals surface area (Å²) in [6, 6.07) is 5.32. The maximum Gasteiger partial charge on any atom is 0.409 e. The molecule has 24 heavy (non-hydrogen) atoms. The Morgan fingerprint density at radius 3 is 2.33 bits per heavy atom. The first-order valence-electron chi connectivity index (χ1n) is 7.97. The maximum absolute atomic E-state index is 12.7. The first-order valence-corrected chi connectivity index (χ1v) is 7.97. The van der Waals surface area contributed by atoms with Gasteiger partial charge in [-0.2, -0.15) is 0 Å². The Kier molecular flexibility index (Phi) is 6.43. The molecule has 1 aromatic carbocycles. The van der Waals surface area contributed by atoms with Gasteiger partial charge in [0.15, 0.2) is 0 Å². The largest absolute Gasteiger partial charge is 0.496 e. The van der Waals surface area contributed by atoms with E-state index in [0.29, 0.717) is 50.7 Å². The van der Waals surface area contributed by atoms with Crippen LogP contribution in [0.5, 0.6) is 5.75 Å². The lowest BCUT2D eigenvalue weighted by atomic mass is 10.1. The lowest BCUT2D eigenvalue weighted by Gasteiger charge is -2.34. The van der Waals surface area contributed by atoms with Gasteiger partial charge < -0.3 is 24.0 Å². The molecule has 2 rings (SSSR count). The van der Waals surface area contributed by atoms with Crippen LogP contribution in [-0.4, -0.2) is 68.8 Å². The van der Waals surface area contributed by atoms with Crippen molar-refractivity contribution >= 4 is 12.0 Å². The van der Waals surface area contributed by atoms with Gasteiger partial charge in [-0.3, -0.25) is 4.79 Å². The van der Waals surface area contributed by atoms with Gasteiger partial charge in [-0.25, -0.2) is 4.79 Å². The smallest absolute Gasteiger partial charge is 0.409 e. The van der Waals surface area contributed by atoms with Crippen molar-refractivity contribution in [2.24, 2.45) is 0 Å². The lowest BCUT2D eigenvalue weighted by Crippen LogP contribution is -2.50. The van der Waals surface area contributed by atoms with Crippen LogP contribution in [0.2, 0.25) is 0 Å². The van der Waals surface area contributed by atoms with Crippen molar-refractivity contribution in [2.75, 3.05) is 47.0 Å². The van der Waals surface area contributed by atoms with E-state index >= 15 is 0 Å². The first kappa shape index (κ1) is 18.1. The van der Waals surface area contributed by atoms with E-state index in [1.165, 1.54) is 0 Å². The highest BCUT2D eigenvalue weighted by atomic mass is 16.6. The molecule has 0 unspecified atom stereocenters. The van der Waals surface area contributed by atoms with E-state index in [1.807, 2.05) is 0 Å². The van der Waals surface area contributed by atoms with Gasteiger partial charge in [-0.05, 0) is 25.1 Å². The molecule has 1 aliphatic heterocycles. The predicted molar refractivity (Wildman–Crippen MR) is 88.2 cm³/mol. The molecule has 132 valence electrons. The van der Waals surface area contributed by atoms with Gasteiger partial charge in [0.2, 0.25) is 0 Å². The van der Waals surface area contributed by atoms with E-state index in [0.717, 1.165) is 5.56 Å². The molecule has 1 aromatic rings. The summed E-state index contributed by atoms with van der Waals surface area (Å²) in [5, 5.41) is 0. The number of hydrogen-bond donors (Lipinski definition) is 0. The number of piperazine rings is 1. The average molecular weight is 336 g/mol. The number of amides is 2. The van der Waals surface area contributed by atoms with E-state index in [2.05, 4.69) is 0 Å². The molecule has 0 spiro atoms. The molecule has 1 heterocycles. The quantitative estimate of drug-likeness (QED) is 0.819. The maximum atomic E-state index is 12.7. The van der Waals surface area contributed by atoms with E-state index in [1.54, 1.807) is 49.1 Å². The van der Waals surface area contributed by atoms with Gasteiger partial charge in [0.25, 0.3) is 5.91 Å². The first-order chi connectivity index (χ1) is 11.6. The summed E-state index contributed by atoms with van der Waals surface area (Å²) in [5.41, 5.74) is 1.42. The summed E-state index contributed by atoms with van der Waals surface area (Å²) in [7, 11) is 3.19. The Labute approximate surface area is 142 Å². The van der Waals surface area contributed by atoms with Crippen LogP contribution in [0, 0.1) is 0 Å². The molecule has 7 nitrogen and oxygen atoms in total. The summed E-state index contributed by atoms with van der Waals surface area (Å²) >= 11 is 0. The molecule has 7 heteroatoms. The number of nitrogens with zero attached hydrogens (tertiary/aromatic N) is 2. The van der Waals surface area contributed by atoms with Gasteiger partial charge in [0, 0.05) is 44.4 Å². The average Bonchev–Trinajstić information content (AvgIpc) is 2.61. The molecular weight excluding hydrogens is 312 g/mol. The number of benzene rings is 1. The Morgan fingerprint density at radius 2 is 1.75 bits per heavy atom. The van der Waals surface area contributed by atoms with Crippen molar-refractivity contribution in [3.63, 3.8) is 0 Å². The number of ether oxygens (including phenoxy) is 3. The number of methoxy groups -OCH3 is 2. The molecule has 0 aromatic heterocycles. The second kappa shape index (κ2) is 8.54. The van der Waals surface area contributed by atoms with Crippen molar-refractivity contribution in [3.05, 3.63) is 29.3 Å². The molecule has 1 fully saturated rings. The Balaban J connectivity index is 2.02. The molecule has 0 bridgehead atoms. The third-order valence-electron chi connectivity index (χ3n) is 3.92. The molecule has 1 aliphatic rings. The van der Waals surface area contributed by atoms with E-state index in [9.17, 15) is 9.59 Å². The minimum atomic E-state index is -0.323. The third kappa shape index (κ3) is 4.17. The third-order valence-corrected chi connectivity index (χ3v) is 3.92. The SMILES string of the molecule is CCOC(=O)N1CCN(C(=O)c2ccc(OC)c(COC)c2)CC1. The highest BCUT2D eigenvalue weighted by Gasteiger charge is 2.25. The zero-order valence-corrected chi connectivity index (χ0v) is 14.4. The molecule has 0 N–H and O–H groups in total. The predicted octanol–water partition coefficient (Wildman–Crippen LogP) is 1.76. The number of carbonyl (C=O) groups is 2. The zero-order chi connectivity index (χ0) is 17.5. The van der Waals surface area contributed by atoms with Crippen molar-refractivity contribution in [1.29, 1.82) is 0 Å². The van der Waals surface area contributed by atoms with Crippen LogP contribution in [-0.2, 0) is 16.1 Å². The summed E-state index contributed by atoms with van der Waals surface area (Å²) in [4.78, 5) is 27.7. The van der Waals surface area contributed by atoms with Crippen molar-refractivity contribution in [3.8, 4) is 5.75 Å². The summed E-state index contributed by atoms with van der Waals surface area (Å²) in [6.45, 7) is 4.44. The summed E-state index contributed by atoms with van der Waals surface area (Å²) in [5.74, 6) is 0.638.